The molecule has 1 unspecified atom stereocenters. The number of benzene rings is 3. The van der Waals surface area contributed by atoms with E-state index in [0.29, 0.717) is 28.6 Å². The van der Waals surface area contributed by atoms with Crippen molar-refractivity contribution >= 4 is 39.1 Å². The van der Waals surface area contributed by atoms with Gasteiger partial charge in [-0.3, -0.25) is 9.59 Å². The minimum Gasteiger partial charge on any atom is -0.483 e. The highest BCUT2D eigenvalue weighted by Gasteiger charge is 2.14. The molecule has 0 spiro atoms. The highest BCUT2D eigenvalue weighted by molar-refractivity contribution is 9.10. The van der Waals surface area contributed by atoms with Crippen molar-refractivity contribution in [3.63, 3.8) is 0 Å². The van der Waals surface area contributed by atoms with E-state index in [9.17, 15) is 9.59 Å². The molecule has 0 saturated carbocycles. The van der Waals surface area contributed by atoms with E-state index in [0.717, 1.165) is 10.9 Å². The average Bonchev–Trinajstić information content (AvgIpc) is 2.78. The van der Waals surface area contributed by atoms with Gasteiger partial charge >= 0.3 is 0 Å². The predicted molar refractivity (Wildman–Crippen MR) is 128 cm³/mol. The first kappa shape index (κ1) is 22.6. The van der Waals surface area contributed by atoms with Gasteiger partial charge < -0.3 is 15.4 Å². The van der Waals surface area contributed by atoms with Crippen LogP contribution in [0.1, 0.15) is 42.1 Å². The van der Waals surface area contributed by atoms with Crippen LogP contribution in [0.15, 0.2) is 77.3 Å². The van der Waals surface area contributed by atoms with Gasteiger partial charge in [-0.1, -0.05) is 50.2 Å². The number of anilines is 2. The van der Waals surface area contributed by atoms with Crippen LogP contribution in [0.3, 0.4) is 0 Å². The number of amides is 2. The van der Waals surface area contributed by atoms with Crippen molar-refractivity contribution in [3.05, 3.63) is 88.4 Å². The molecule has 31 heavy (non-hydrogen) atoms. The summed E-state index contributed by atoms with van der Waals surface area (Å²) >= 11 is 3.51. The van der Waals surface area contributed by atoms with E-state index in [-0.39, 0.29) is 18.4 Å². The summed E-state index contributed by atoms with van der Waals surface area (Å²) in [5, 5.41) is 5.59. The SMILES string of the molecule is CCC(C)c1ccc(OCC(=O)Nc2ccccc2C(=O)Nc2ccccc2)c(Br)c1. The Morgan fingerprint density at radius 2 is 1.68 bits per heavy atom. The summed E-state index contributed by atoms with van der Waals surface area (Å²) in [4.78, 5) is 25.1. The van der Waals surface area contributed by atoms with Gasteiger partial charge in [-0.25, -0.2) is 0 Å². The normalized spacial score (nSPS) is 11.5. The largest absolute Gasteiger partial charge is 0.483 e. The smallest absolute Gasteiger partial charge is 0.262 e. The van der Waals surface area contributed by atoms with Crippen molar-refractivity contribution in [1.29, 1.82) is 0 Å². The summed E-state index contributed by atoms with van der Waals surface area (Å²) in [6.45, 7) is 4.14. The molecule has 0 radical (unpaired) electrons. The Hall–Kier alpha value is -3.12. The Balaban J connectivity index is 1.63. The molecule has 0 aliphatic carbocycles. The number of carbonyl (C=O) groups is 2. The molecule has 3 aromatic carbocycles. The quantitative estimate of drug-likeness (QED) is 0.401. The molecule has 5 nitrogen and oxygen atoms in total. The molecular weight excluding hydrogens is 456 g/mol. The van der Waals surface area contributed by atoms with E-state index in [2.05, 4.69) is 40.4 Å². The fourth-order valence-corrected chi connectivity index (χ4v) is 3.53. The zero-order chi connectivity index (χ0) is 22.2. The Kier molecular flexibility index (Phi) is 7.84. The van der Waals surface area contributed by atoms with Crippen LogP contribution >= 0.6 is 15.9 Å². The fourth-order valence-electron chi connectivity index (χ4n) is 3.02. The van der Waals surface area contributed by atoms with Crippen LogP contribution in [0.2, 0.25) is 0 Å². The Morgan fingerprint density at radius 3 is 2.39 bits per heavy atom. The van der Waals surface area contributed by atoms with Gasteiger partial charge in [0.05, 0.1) is 15.7 Å². The third kappa shape index (κ3) is 6.18. The fraction of sp³-hybridized carbons (Fsp3) is 0.200. The first-order valence-corrected chi connectivity index (χ1v) is 10.9. The number of rotatable bonds is 8. The predicted octanol–water partition coefficient (Wildman–Crippen LogP) is 6.23. The molecule has 0 aliphatic rings. The number of hydrogen-bond acceptors (Lipinski definition) is 3. The average molecular weight is 481 g/mol. The standard InChI is InChI=1S/C25H25BrN2O3/c1-3-17(2)18-13-14-23(21(26)15-18)31-16-24(29)28-22-12-8-7-11-20(22)25(30)27-19-9-5-4-6-10-19/h4-15,17H,3,16H2,1-2H3,(H,27,30)(H,28,29). The Labute approximate surface area is 191 Å². The van der Waals surface area contributed by atoms with Crippen molar-refractivity contribution in [3.8, 4) is 5.75 Å². The Morgan fingerprint density at radius 1 is 0.968 bits per heavy atom. The van der Waals surface area contributed by atoms with E-state index < -0.39 is 0 Å². The van der Waals surface area contributed by atoms with Gasteiger partial charge in [0.25, 0.3) is 11.8 Å². The van der Waals surface area contributed by atoms with Gasteiger partial charge in [-0.05, 0) is 70.2 Å². The molecule has 3 aromatic rings. The highest BCUT2D eigenvalue weighted by Crippen LogP contribution is 2.30. The molecule has 0 bridgehead atoms. The van der Waals surface area contributed by atoms with Gasteiger partial charge in [0.2, 0.25) is 0 Å². The first-order chi connectivity index (χ1) is 15.0. The summed E-state index contributed by atoms with van der Waals surface area (Å²) in [5.41, 5.74) is 2.70. The molecule has 0 aromatic heterocycles. The van der Waals surface area contributed by atoms with Gasteiger partial charge in [-0.2, -0.15) is 0 Å². The molecule has 0 saturated heterocycles. The summed E-state index contributed by atoms with van der Waals surface area (Å²) in [5.74, 6) is 0.397. The number of hydrogen-bond donors (Lipinski definition) is 2. The lowest BCUT2D eigenvalue weighted by Crippen LogP contribution is -2.23. The number of halogens is 1. The number of ether oxygens (including phenoxy) is 1. The molecule has 2 amide bonds. The lowest BCUT2D eigenvalue weighted by atomic mass is 9.99. The third-order valence-corrected chi connectivity index (χ3v) is 5.59. The van der Waals surface area contributed by atoms with E-state index in [1.54, 1.807) is 36.4 Å². The molecule has 3 rings (SSSR count). The van der Waals surface area contributed by atoms with Crippen LogP contribution in [-0.2, 0) is 4.79 Å². The lowest BCUT2D eigenvalue weighted by molar-refractivity contribution is -0.118. The van der Waals surface area contributed by atoms with Crippen LogP contribution in [-0.4, -0.2) is 18.4 Å². The lowest BCUT2D eigenvalue weighted by Gasteiger charge is -2.14. The maximum atomic E-state index is 12.7. The molecule has 1 atom stereocenters. The Bertz CT molecular complexity index is 1050. The van der Waals surface area contributed by atoms with Crippen molar-refractivity contribution in [2.45, 2.75) is 26.2 Å². The highest BCUT2D eigenvalue weighted by atomic mass is 79.9. The summed E-state index contributed by atoms with van der Waals surface area (Å²) in [6, 6.07) is 21.9. The second kappa shape index (κ2) is 10.8. The summed E-state index contributed by atoms with van der Waals surface area (Å²) < 4.78 is 6.48. The van der Waals surface area contributed by atoms with Crippen LogP contribution in [0.25, 0.3) is 0 Å². The number of para-hydroxylation sites is 2. The maximum Gasteiger partial charge on any atom is 0.262 e. The maximum absolute atomic E-state index is 12.7. The zero-order valence-corrected chi connectivity index (χ0v) is 19.1. The molecular formula is C25H25BrN2O3. The van der Waals surface area contributed by atoms with Crippen molar-refractivity contribution < 1.29 is 14.3 Å². The molecule has 0 fully saturated rings. The van der Waals surface area contributed by atoms with E-state index in [4.69, 9.17) is 4.74 Å². The molecule has 0 heterocycles. The minimum absolute atomic E-state index is 0.171. The van der Waals surface area contributed by atoms with E-state index >= 15 is 0 Å². The van der Waals surface area contributed by atoms with Crippen LogP contribution in [0, 0.1) is 0 Å². The molecule has 0 aliphatic heterocycles. The van der Waals surface area contributed by atoms with Crippen molar-refractivity contribution in [1.82, 2.24) is 0 Å². The van der Waals surface area contributed by atoms with E-state index in [1.807, 2.05) is 36.4 Å². The molecule has 2 N–H and O–H groups in total. The van der Waals surface area contributed by atoms with Crippen LogP contribution in [0.5, 0.6) is 5.75 Å². The van der Waals surface area contributed by atoms with E-state index in [1.165, 1.54) is 5.56 Å². The second-order valence-electron chi connectivity index (χ2n) is 7.20. The van der Waals surface area contributed by atoms with Gasteiger partial charge in [0.1, 0.15) is 5.75 Å². The summed E-state index contributed by atoms with van der Waals surface area (Å²) in [6.07, 6.45) is 1.05. The minimum atomic E-state index is -0.349. The molecule has 6 heteroatoms. The van der Waals surface area contributed by atoms with Gasteiger partial charge in [-0.15, -0.1) is 0 Å². The third-order valence-electron chi connectivity index (χ3n) is 4.97. The van der Waals surface area contributed by atoms with Gasteiger partial charge in [0.15, 0.2) is 6.61 Å². The topological polar surface area (TPSA) is 67.4 Å². The number of nitrogens with one attached hydrogen (secondary N) is 2. The van der Waals surface area contributed by atoms with Crippen molar-refractivity contribution in [2.75, 3.05) is 17.2 Å². The zero-order valence-electron chi connectivity index (χ0n) is 17.5. The monoisotopic (exact) mass is 480 g/mol. The van der Waals surface area contributed by atoms with Crippen LogP contribution in [0.4, 0.5) is 11.4 Å². The van der Waals surface area contributed by atoms with Gasteiger partial charge in [0, 0.05) is 5.69 Å². The second-order valence-corrected chi connectivity index (χ2v) is 8.06. The molecule has 160 valence electrons. The summed E-state index contributed by atoms with van der Waals surface area (Å²) in [7, 11) is 0. The van der Waals surface area contributed by atoms with Crippen molar-refractivity contribution in [2.24, 2.45) is 0 Å². The van der Waals surface area contributed by atoms with Crippen LogP contribution < -0.4 is 15.4 Å². The first-order valence-electron chi connectivity index (χ1n) is 10.2. The number of carbonyl (C=O) groups excluding carboxylic acids is 2.